The molecular weight excluding hydrogens is 452 g/mol. The Balaban J connectivity index is 0.000000222. The summed E-state index contributed by atoms with van der Waals surface area (Å²) in [5, 5.41) is 3.91. The second-order valence-electron chi connectivity index (χ2n) is 6.09. The maximum Gasteiger partial charge on any atom is -0.172 e. The summed E-state index contributed by atoms with van der Waals surface area (Å²) in [6.07, 6.45) is 2.15. The summed E-state index contributed by atoms with van der Waals surface area (Å²) < 4.78 is 2.27. The Morgan fingerprint density at radius 3 is 2.33 bits per heavy atom. The Bertz CT molecular complexity index is 1070. The standard InChI is InChI=1S/C18H14N.C5H5.2ClH.Zr/c1-13-11-15-6-4-8-18(16(15)12-13)19-10-9-14-5-2-3-7-17(14)19;1-2-4-5-3-1;;;/h2-12H,1H3;1-5H;2*1H;/q2*-1;;;+4/p-2. The minimum absolute atomic E-state index is 0.826. The monoisotopic (exact) mass is 469 g/mol. The van der Waals surface area contributed by atoms with Gasteiger partial charge < -0.3 is 4.57 Å². The van der Waals surface area contributed by atoms with Crippen LogP contribution in [0.1, 0.15) is 5.56 Å². The van der Waals surface area contributed by atoms with Gasteiger partial charge in [-0.2, -0.15) is 24.3 Å². The van der Waals surface area contributed by atoms with Crippen molar-refractivity contribution >= 4 is 38.7 Å². The maximum atomic E-state index is 4.93. The molecule has 1 aromatic heterocycles. The molecule has 5 rings (SSSR count). The van der Waals surface area contributed by atoms with Gasteiger partial charge in [0.1, 0.15) is 0 Å². The summed E-state index contributed by atoms with van der Waals surface area (Å²) >= 11 is -0.826. The summed E-state index contributed by atoms with van der Waals surface area (Å²) in [6, 6.07) is 31.7. The number of rotatable bonds is 1. The van der Waals surface area contributed by atoms with Crippen molar-refractivity contribution in [2.75, 3.05) is 0 Å². The zero-order valence-electron chi connectivity index (χ0n) is 14.9. The molecule has 0 aliphatic heterocycles. The smallest absolute Gasteiger partial charge is 0.172 e. The van der Waals surface area contributed by atoms with E-state index in [2.05, 4.69) is 78.4 Å². The average Bonchev–Trinajstić information content (AvgIpc) is 3.43. The van der Waals surface area contributed by atoms with Crippen LogP contribution in [0.15, 0.2) is 97.2 Å². The van der Waals surface area contributed by atoms with Gasteiger partial charge in [0.25, 0.3) is 0 Å². The van der Waals surface area contributed by atoms with E-state index in [-0.39, 0.29) is 0 Å². The van der Waals surface area contributed by atoms with Crippen LogP contribution in [0.4, 0.5) is 0 Å². The second-order valence-corrected chi connectivity index (χ2v) is 9.82. The molecule has 0 fully saturated rings. The number of benzene rings is 2. The van der Waals surface area contributed by atoms with Crippen LogP contribution < -0.4 is 0 Å². The molecule has 0 amide bonds. The molecule has 0 radical (unpaired) electrons. The molecule has 0 atom stereocenters. The van der Waals surface area contributed by atoms with E-state index in [9.17, 15) is 0 Å². The summed E-state index contributed by atoms with van der Waals surface area (Å²) in [7, 11) is 9.87. The third-order valence-electron chi connectivity index (χ3n) is 4.29. The Morgan fingerprint density at radius 2 is 1.63 bits per heavy atom. The fourth-order valence-electron chi connectivity index (χ4n) is 3.19. The Hall–Kier alpha value is -1.60. The molecular formula is C23H19Cl2NZr. The first-order valence-electron chi connectivity index (χ1n) is 8.60. The number of aromatic nitrogens is 1. The van der Waals surface area contributed by atoms with Crippen molar-refractivity contribution in [2.45, 2.75) is 6.92 Å². The molecule has 0 aliphatic rings. The number of aryl methyl sites for hydroxylation is 1. The predicted molar refractivity (Wildman–Crippen MR) is 115 cm³/mol. The van der Waals surface area contributed by atoms with Gasteiger partial charge in [-0.25, -0.2) is 12.1 Å². The molecule has 0 aliphatic carbocycles. The molecule has 5 aromatic rings. The van der Waals surface area contributed by atoms with Gasteiger partial charge in [-0.15, -0.1) is 34.5 Å². The van der Waals surface area contributed by atoms with Gasteiger partial charge in [-0.1, -0.05) is 31.2 Å². The Kier molecular flexibility index (Phi) is 7.53. The Morgan fingerprint density at radius 1 is 0.889 bits per heavy atom. The molecule has 0 bridgehead atoms. The summed E-state index contributed by atoms with van der Waals surface area (Å²) in [5.74, 6) is 0. The minimum Gasteiger partial charge on any atom is -0.214 e. The molecule has 0 saturated carbocycles. The zero-order chi connectivity index (χ0) is 19.1. The van der Waals surface area contributed by atoms with Crippen molar-refractivity contribution in [3.8, 4) is 5.69 Å². The average molecular weight is 472 g/mol. The van der Waals surface area contributed by atoms with Gasteiger partial charge in [0.05, 0.1) is 5.52 Å². The van der Waals surface area contributed by atoms with Gasteiger partial charge >= 0.3 is 37.9 Å². The maximum absolute atomic E-state index is 4.93. The van der Waals surface area contributed by atoms with Crippen LogP contribution in [0.3, 0.4) is 0 Å². The summed E-state index contributed by atoms with van der Waals surface area (Å²) in [6.45, 7) is 2.15. The van der Waals surface area contributed by atoms with Gasteiger partial charge in [0.2, 0.25) is 0 Å². The zero-order valence-corrected chi connectivity index (χ0v) is 18.9. The Labute approximate surface area is 178 Å². The normalized spacial score (nSPS) is 9.89. The molecule has 1 heterocycles. The fourth-order valence-corrected chi connectivity index (χ4v) is 3.19. The number of hydrogen-bond donors (Lipinski definition) is 0. The van der Waals surface area contributed by atoms with Crippen molar-refractivity contribution in [3.63, 3.8) is 0 Å². The number of fused-ring (bicyclic) bond motifs is 2. The van der Waals surface area contributed by atoms with E-state index >= 15 is 0 Å². The predicted octanol–water partition coefficient (Wildman–Crippen LogP) is 7.59. The van der Waals surface area contributed by atoms with Crippen molar-refractivity contribution in [2.24, 2.45) is 0 Å². The van der Waals surface area contributed by atoms with Crippen molar-refractivity contribution in [1.29, 1.82) is 0 Å². The second kappa shape index (κ2) is 10.1. The number of para-hydroxylation sites is 1. The largest absolute Gasteiger partial charge is 0.214 e. The van der Waals surface area contributed by atoms with Gasteiger partial charge in [0.15, 0.2) is 0 Å². The van der Waals surface area contributed by atoms with Crippen LogP contribution in [0.2, 0.25) is 0 Å². The molecule has 0 unspecified atom stereocenters. The van der Waals surface area contributed by atoms with Crippen LogP contribution in [0, 0.1) is 6.92 Å². The molecule has 0 saturated heterocycles. The number of hydrogen-bond acceptors (Lipinski definition) is 0. The first-order chi connectivity index (χ1) is 13.2. The van der Waals surface area contributed by atoms with Crippen LogP contribution in [-0.2, 0) is 20.8 Å². The molecule has 27 heavy (non-hydrogen) atoms. The van der Waals surface area contributed by atoms with Crippen LogP contribution >= 0.6 is 17.0 Å². The van der Waals surface area contributed by atoms with Crippen molar-refractivity contribution < 1.29 is 20.8 Å². The summed E-state index contributed by atoms with van der Waals surface area (Å²) in [5.41, 5.74) is 3.83. The van der Waals surface area contributed by atoms with E-state index in [0.29, 0.717) is 0 Å². The molecule has 4 heteroatoms. The quantitative estimate of drug-likeness (QED) is 0.222. The first-order valence-corrected chi connectivity index (χ1v) is 14.9. The van der Waals surface area contributed by atoms with Gasteiger partial charge in [0, 0.05) is 11.9 Å². The molecule has 4 aromatic carbocycles. The van der Waals surface area contributed by atoms with Gasteiger partial charge in [-0.05, 0) is 17.5 Å². The first kappa shape index (κ1) is 20.1. The van der Waals surface area contributed by atoms with E-state index in [0.717, 1.165) is 0 Å². The van der Waals surface area contributed by atoms with Gasteiger partial charge in [-0.3, -0.25) is 0 Å². The fraction of sp³-hybridized carbons (Fsp3) is 0.0435. The van der Waals surface area contributed by atoms with Crippen molar-refractivity contribution in [1.82, 2.24) is 4.57 Å². The molecule has 1 nitrogen and oxygen atoms in total. The van der Waals surface area contributed by atoms with Crippen molar-refractivity contribution in [3.05, 3.63) is 103 Å². The minimum atomic E-state index is -0.826. The van der Waals surface area contributed by atoms with E-state index < -0.39 is 20.8 Å². The topological polar surface area (TPSA) is 4.93 Å². The third kappa shape index (κ3) is 5.02. The van der Waals surface area contributed by atoms with E-state index in [1.54, 1.807) is 0 Å². The third-order valence-corrected chi connectivity index (χ3v) is 4.29. The molecule has 0 N–H and O–H groups in total. The summed E-state index contributed by atoms with van der Waals surface area (Å²) in [4.78, 5) is 0. The van der Waals surface area contributed by atoms with Crippen LogP contribution in [0.5, 0.6) is 0 Å². The van der Waals surface area contributed by atoms with E-state index in [1.807, 2.05) is 30.3 Å². The molecule has 0 spiro atoms. The van der Waals surface area contributed by atoms with Crippen LogP contribution in [0.25, 0.3) is 27.4 Å². The van der Waals surface area contributed by atoms with E-state index in [1.165, 1.54) is 32.9 Å². The number of halogens is 2. The number of nitrogens with zero attached hydrogens (tertiary/aromatic N) is 1. The molecule has 134 valence electrons. The van der Waals surface area contributed by atoms with Crippen LogP contribution in [-0.4, -0.2) is 4.57 Å². The van der Waals surface area contributed by atoms with E-state index in [4.69, 9.17) is 17.0 Å². The SMILES string of the molecule is Cc1cc2c(-n3ccc4ccccc43)cccc2[cH-]1.[Cl][Zr+2][Cl].c1cc[cH-]c1.